The first-order valence-electron chi connectivity index (χ1n) is 6.55. The second-order valence-corrected chi connectivity index (χ2v) is 5.78. The van der Waals surface area contributed by atoms with Crippen LogP contribution in [0.3, 0.4) is 0 Å². The SMILES string of the molecule is CCNC(c1csc(C)c1)c1cc2ccccc2o1. The molecule has 19 heavy (non-hydrogen) atoms. The van der Waals surface area contributed by atoms with E-state index < -0.39 is 0 Å². The van der Waals surface area contributed by atoms with Gasteiger partial charge in [0.05, 0.1) is 6.04 Å². The summed E-state index contributed by atoms with van der Waals surface area (Å²) in [4.78, 5) is 1.33. The zero-order valence-corrected chi connectivity index (χ0v) is 12.0. The first kappa shape index (κ1) is 12.5. The molecule has 3 rings (SSSR count). The van der Waals surface area contributed by atoms with Gasteiger partial charge < -0.3 is 9.73 Å². The number of aryl methyl sites for hydroxylation is 1. The van der Waals surface area contributed by atoms with Crippen molar-refractivity contribution in [1.29, 1.82) is 0 Å². The average molecular weight is 271 g/mol. The van der Waals surface area contributed by atoms with Crippen LogP contribution in [0.4, 0.5) is 0 Å². The van der Waals surface area contributed by atoms with Crippen LogP contribution in [0.2, 0.25) is 0 Å². The van der Waals surface area contributed by atoms with Gasteiger partial charge in [0, 0.05) is 10.3 Å². The highest BCUT2D eigenvalue weighted by molar-refractivity contribution is 7.10. The van der Waals surface area contributed by atoms with Crippen molar-refractivity contribution in [2.75, 3.05) is 6.54 Å². The van der Waals surface area contributed by atoms with Crippen molar-refractivity contribution in [3.05, 3.63) is 58.0 Å². The molecule has 0 fully saturated rings. The third-order valence-electron chi connectivity index (χ3n) is 3.22. The van der Waals surface area contributed by atoms with Crippen molar-refractivity contribution >= 4 is 22.3 Å². The van der Waals surface area contributed by atoms with Gasteiger partial charge in [0.2, 0.25) is 0 Å². The van der Waals surface area contributed by atoms with Gasteiger partial charge in [0.15, 0.2) is 0 Å². The van der Waals surface area contributed by atoms with E-state index in [2.05, 4.69) is 42.7 Å². The topological polar surface area (TPSA) is 25.2 Å². The monoisotopic (exact) mass is 271 g/mol. The molecule has 0 saturated heterocycles. The Morgan fingerprint density at radius 2 is 2.11 bits per heavy atom. The number of hydrogen-bond acceptors (Lipinski definition) is 3. The van der Waals surface area contributed by atoms with Crippen LogP contribution in [0.25, 0.3) is 11.0 Å². The lowest BCUT2D eigenvalue weighted by Crippen LogP contribution is -2.20. The number of rotatable bonds is 4. The highest BCUT2D eigenvalue weighted by Crippen LogP contribution is 2.30. The number of nitrogens with one attached hydrogen (secondary N) is 1. The second kappa shape index (κ2) is 5.19. The van der Waals surface area contributed by atoms with Crippen molar-refractivity contribution in [2.45, 2.75) is 19.9 Å². The Bertz CT molecular complexity index is 650. The Balaban J connectivity index is 2.03. The van der Waals surface area contributed by atoms with Gasteiger partial charge in [-0.05, 0) is 42.6 Å². The Kier molecular flexibility index (Phi) is 3.40. The van der Waals surface area contributed by atoms with E-state index in [0.29, 0.717) is 0 Å². The van der Waals surface area contributed by atoms with Crippen LogP contribution in [-0.2, 0) is 0 Å². The van der Waals surface area contributed by atoms with Gasteiger partial charge >= 0.3 is 0 Å². The molecule has 1 aromatic carbocycles. The van der Waals surface area contributed by atoms with Gasteiger partial charge in [-0.1, -0.05) is 25.1 Å². The Labute approximate surface area is 117 Å². The molecule has 0 saturated carbocycles. The largest absolute Gasteiger partial charge is 0.459 e. The molecule has 2 heterocycles. The lowest BCUT2D eigenvalue weighted by Gasteiger charge is -2.13. The normalized spacial score (nSPS) is 12.9. The van der Waals surface area contributed by atoms with E-state index in [9.17, 15) is 0 Å². The van der Waals surface area contributed by atoms with Gasteiger partial charge in [-0.2, -0.15) is 0 Å². The molecule has 1 N–H and O–H groups in total. The van der Waals surface area contributed by atoms with Gasteiger partial charge in [-0.25, -0.2) is 0 Å². The standard InChI is InChI=1S/C16H17NOS/c1-3-17-16(13-8-11(2)19-10-13)15-9-12-6-4-5-7-14(12)18-15/h4-10,16-17H,3H2,1-2H3. The predicted octanol–water partition coefficient (Wildman–Crippen LogP) is 4.50. The minimum absolute atomic E-state index is 0.141. The summed E-state index contributed by atoms with van der Waals surface area (Å²) in [6, 6.07) is 12.7. The maximum Gasteiger partial charge on any atom is 0.134 e. The van der Waals surface area contributed by atoms with E-state index >= 15 is 0 Å². The fraction of sp³-hybridized carbons (Fsp3) is 0.250. The number of fused-ring (bicyclic) bond motifs is 1. The average Bonchev–Trinajstić information content (AvgIpc) is 3.01. The molecule has 0 aliphatic rings. The molecule has 2 aromatic heterocycles. The zero-order chi connectivity index (χ0) is 13.2. The molecule has 0 amide bonds. The van der Waals surface area contributed by atoms with E-state index in [-0.39, 0.29) is 6.04 Å². The first-order valence-corrected chi connectivity index (χ1v) is 7.43. The molecular formula is C16H17NOS. The van der Waals surface area contributed by atoms with Crippen molar-refractivity contribution in [3.63, 3.8) is 0 Å². The highest BCUT2D eigenvalue weighted by Gasteiger charge is 2.18. The molecule has 98 valence electrons. The van der Waals surface area contributed by atoms with E-state index in [1.165, 1.54) is 10.4 Å². The maximum atomic E-state index is 5.99. The summed E-state index contributed by atoms with van der Waals surface area (Å²) in [6.07, 6.45) is 0. The van der Waals surface area contributed by atoms with E-state index in [0.717, 1.165) is 23.3 Å². The minimum atomic E-state index is 0.141. The third-order valence-corrected chi connectivity index (χ3v) is 4.10. The minimum Gasteiger partial charge on any atom is -0.459 e. The molecule has 3 aromatic rings. The summed E-state index contributed by atoms with van der Waals surface area (Å²) in [5.74, 6) is 0.987. The van der Waals surface area contributed by atoms with Gasteiger partial charge in [-0.15, -0.1) is 11.3 Å². The van der Waals surface area contributed by atoms with Crippen LogP contribution in [0.1, 0.15) is 29.2 Å². The highest BCUT2D eigenvalue weighted by atomic mass is 32.1. The predicted molar refractivity (Wildman–Crippen MR) is 80.8 cm³/mol. The molecule has 1 atom stereocenters. The first-order chi connectivity index (χ1) is 9.28. The molecule has 1 unspecified atom stereocenters. The van der Waals surface area contributed by atoms with E-state index in [1.807, 2.05) is 18.2 Å². The maximum absolute atomic E-state index is 5.99. The molecule has 0 spiro atoms. The van der Waals surface area contributed by atoms with Crippen LogP contribution >= 0.6 is 11.3 Å². The quantitative estimate of drug-likeness (QED) is 0.755. The summed E-state index contributed by atoms with van der Waals surface area (Å²) in [6.45, 7) is 5.17. The van der Waals surface area contributed by atoms with Crippen LogP contribution in [-0.4, -0.2) is 6.54 Å². The summed E-state index contributed by atoms with van der Waals surface area (Å²) in [5.41, 5.74) is 2.23. The summed E-state index contributed by atoms with van der Waals surface area (Å²) >= 11 is 1.78. The van der Waals surface area contributed by atoms with Crippen LogP contribution in [0.5, 0.6) is 0 Å². The Morgan fingerprint density at radius 1 is 1.26 bits per heavy atom. The lowest BCUT2D eigenvalue weighted by molar-refractivity contribution is 0.478. The number of furan rings is 1. The van der Waals surface area contributed by atoms with E-state index in [4.69, 9.17) is 4.42 Å². The molecule has 0 aliphatic carbocycles. The second-order valence-electron chi connectivity index (χ2n) is 4.67. The molecule has 3 heteroatoms. The van der Waals surface area contributed by atoms with Crippen LogP contribution in [0.15, 0.2) is 46.2 Å². The zero-order valence-electron chi connectivity index (χ0n) is 11.1. The molecule has 0 aliphatic heterocycles. The van der Waals surface area contributed by atoms with Crippen LogP contribution < -0.4 is 5.32 Å². The van der Waals surface area contributed by atoms with Crippen molar-refractivity contribution < 1.29 is 4.42 Å². The number of para-hydroxylation sites is 1. The van der Waals surface area contributed by atoms with Gasteiger partial charge in [0.25, 0.3) is 0 Å². The number of benzene rings is 1. The van der Waals surface area contributed by atoms with Gasteiger partial charge in [-0.3, -0.25) is 0 Å². The lowest BCUT2D eigenvalue weighted by atomic mass is 10.1. The van der Waals surface area contributed by atoms with Gasteiger partial charge in [0.1, 0.15) is 11.3 Å². The molecular weight excluding hydrogens is 254 g/mol. The number of thiophene rings is 1. The smallest absolute Gasteiger partial charge is 0.134 e. The van der Waals surface area contributed by atoms with Crippen molar-refractivity contribution in [2.24, 2.45) is 0 Å². The fourth-order valence-electron chi connectivity index (χ4n) is 2.35. The molecule has 2 nitrogen and oxygen atoms in total. The molecule has 0 radical (unpaired) electrons. The van der Waals surface area contributed by atoms with Crippen molar-refractivity contribution in [1.82, 2.24) is 5.32 Å². The number of hydrogen-bond donors (Lipinski definition) is 1. The third kappa shape index (κ3) is 2.44. The molecule has 0 bridgehead atoms. The van der Waals surface area contributed by atoms with E-state index in [1.54, 1.807) is 11.3 Å². The summed E-state index contributed by atoms with van der Waals surface area (Å²) in [5, 5.41) is 6.87. The van der Waals surface area contributed by atoms with Crippen LogP contribution in [0, 0.1) is 6.92 Å². The van der Waals surface area contributed by atoms with Crippen molar-refractivity contribution in [3.8, 4) is 0 Å². The summed E-state index contributed by atoms with van der Waals surface area (Å²) < 4.78 is 5.99. The Hall–Kier alpha value is -1.58. The summed E-state index contributed by atoms with van der Waals surface area (Å²) in [7, 11) is 0. The Morgan fingerprint density at radius 3 is 2.79 bits per heavy atom. The fourth-order valence-corrected chi connectivity index (χ4v) is 3.08.